The molecule has 1 rings (SSSR count). The molecule has 0 heterocycles. The Labute approximate surface area is 95.5 Å². The van der Waals surface area contributed by atoms with Gasteiger partial charge in [0.05, 0.1) is 0 Å². The molecule has 0 bridgehead atoms. The van der Waals surface area contributed by atoms with Crippen LogP contribution in [0.3, 0.4) is 0 Å². The van der Waals surface area contributed by atoms with Gasteiger partial charge in [0.2, 0.25) is 0 Å². The van der Waals surface area contributed by atoms with Gasteiger partial charge < -0.3 is 0 Å². The highest BCUT2D eigenvalue weighted by molar-refractivity contribution is 6.46. The standard InChI is InChI=1S/C8H5Cl4F/c9-7(10)5-2-1-4(13)3-6(5)8(11)12/h1-3,7-8H. The predicted molar refractivity (Wildman–Crippen MR) is 55.3 cm³/mol. The van der Waals surface area contributed by atoms with E-state index >= 15 is 0 Å². The van der Waals surface area contributed by atoms with Crippen LogP contribution in [-0.2, 0) is 0 Å². The molecule has 0 aliphatic heterocycles. The first-order valence-electron chi connectivity index (χ1n) is 3.38. The van der Waals surface area contributed by atoms with Crippen molar-refractivity contribution in [1.29, 1.82) is 0 Å². The van der Waals surface area contributed by atoms with Gasteiger partial charge >= 0.3 is 0 Å². The quantitative estimate of drug-likeness (QED) is 0.673. The van der Waals surface area contributed by atoms with Gasteiger partial charge in [-0.25, -0.2) is 4.39 Å². The van der Waals surface area contributed by atoms with Gasteiger partial charge in [-0.3, -0.25) is 0 Å². The second kappa shape index (κ2) is 4.70. The first-order valence-corrected chi connectivity index (χ1v) is 5.12. The van der Waals surface area contributed by atoms with Crippen LogP contribution < -0.4 is 0 Å². The van der Waals surface area contributed by atoms with E-state index in [0.717, 1.165) is 0 Å². The highest BCUT2D eigenvalue weighted by atomic mass is 35.5. The maximum atomic E-state index is 12.8. The lowest BCUT2D eigenvalue weighted by molar-refractivity contribution is 0.625. The summed E-state index contributed by atoms with van der Waals surface area (Å²) in [5.74, 6) is -0.418. The molecule has 0 fully saturated rings. The zero-order valence-corrected chi connectivity index (χ0v) is 9.30. The first-order chi connectivity index (χ1) is 6.02. The van der Waals surface area contributed by atoms with Gasteiger partial charge in [0.25, 0.3) is 0 Å². The van der Waals surface area contributed by atoms with E-state index in [9.17, 15) is 4.39 Å². The van der Waals surface area contributed by atoms with Crippen molar-refractivity contribution in [2.75, 3.05) is 0 Å². The molecule has 5 heteroatoms. The van der Waals surface area contributed by atoms with Crippen LogP contribution in [0.1, 0.15) is 20.8 Å². The third-order valence-electron chi connectivity index (χ3n) is 1.52. The second-order valence-corrected chi connectivity index (χ2v) is 4.57. The summed E-state index contributed by atoms with van der Waals surface area (Å²) in [6.07, 6.45) is 0. The molecular formula is C8H5Cl4F. The molecule has 1 aromatic carbocycles. The van der Waals surface area contributed by atoms with Gasteiger partial charge in [-0.1, -0.05) is 6.07 Å². The zero-order chi connectivity index (χ0) is 10.0. The molecule has 1 aromatic rings. The molecule has 0 atom stereocenters. The largest absolute Gasteiger partial charge is 0.207 e. The van der Waals surface area contributed by atoms with E-state index in [1.54, 1.807) is 0 Å². The molecular weight excluding hydrogens is 257 g/mol. The minimum absolute atomic E-state index is 0.401. The molecule has 0 aromatic heterocycles. The van der Waals surface area contributed by atoms with E-state index < -0.39 is 15.5 Å². The first kappa shape index (κ1) is 11.4. The number of hydrogen-bond donors (Lipinski definition) is 0. The molecule has 13 heavy (non-hydrogen) atoms. The Morgan fingerprint density at radius 1 is 0.923 bits per heavy atom. The van der Waals surface area contributed by atoms with Crippen molar-refractivity contribution in [3.8, 4) is 0 Å². The van der Waals surface area contributed by atoms with Crippen LogP contribution in [0.5, 0.6) is 0 Å². The highest BCUT2D eigenvalue weighted by Crippen LogP contribution is 2.35. The topological polar surface area (TPSA) is 0 Å². The van der Waals surface area contributed by atoms with Crippen molar-refractivity contribution >= 4 is 46.4 Å². The molecule has 0 amide bonds. The van der Waals surface area contributed by atoms with Crippen molar-refractivity contribution in [1.82, 2.24) is 0 Å². The molecule has 0 aliphatic carbocycles. The third kappa shape index (κ3) is 2.88. The number of alkyl halides is 4. The average Bonchev–Trinajstić information content (AvgIpc) is 2.03. The summed E-state index contributed by atoms with van der Waals surface area (Å²) in [6.45, 7) is 0. The fraction of sp³-hybridized carbons (Fsp3) is 0.250. The van der Waals surface area contributed by atoms with Crippen molar-refractivity contribution in [2.24, 2.45) is 0 Å². The van der Waals surface area contributed by atoms with Crippen LogP contribution >= 0.6 is 46.4 Å². The van der Waals surface area contributed by atoms with E-state index in [0.29, 0.717) is 11.1 Å². The van der Waals surface area contributed by atoms with Gasteiger partial charge in [0.1, 0.15) is 15.5 Å². The maximum absolute atomic E-state index is 12.8. The van der Waals surface area contributed by atoms with E-state index in [4.69, 9.17) is 46.4 Å². The average molecular weight is 262 g/mol. The van der Waals surface area contributed by atoms with Gasteiger partial charge in [-0.15, -0.1) is 46.4 Å². The number of benzene rings is 1. The van der Waals surface area contributed by atoms with Gasteiger partial charge in [0, 0.05) is 0 Å². The normalized spacial score (nSPS) is 11.3. The minimum Gasteiger partial charge on any atom is -0.207 e. The van der Waals surface area contributed by atoms with Crippen LogP contribution in [0, 0.1) is 5.82 Å². The summed E-state index contributed by atoms with van der Waals surface area (Å²) >= 11 is 22.5. The number of rotatable bonds is 2. The SMILES string of the molecule is Fc1ccc(C(Cl)Cl)c(C(Cl)Cl)c1. The Morgan fingerprint density at radius 2 is 1.46 bits per heavy atom. The van der Waals surface area contributed by atoms with E-state index in [2.05, 4.69) is 0 Å². The van der Waals surface area contributed by atoms with Crippen LogP contribution in [0.4, 0.5) is 4.39 Å². The molecule has 0 unspecified atom stereocenters. The zero-order valence-electron chi connectivity index (χ0n) is 6.28. The van der Waals surface area contributed by atoms with Gasteiger partial charge in [0.15, 0.2) is 0 Å². The monoisotopic (exact) mass is 260 g/mol. The van der Waals surface area contributed by atoms with E-state index in [1.807, 2.05) is 0 Å². The van der Waals surface area contributed by atoms with Gasteiger partial charge in [-0.05, 0) is 23.3 Å². The lowest BCUT2D eigenvalue weighted by Gasteiger charge is -2.10. The van der Waals surface area contributed by atoms with Crippen molar-refractivity contribution in [3.05, 3.63) is 35.1 Å². The number of halogens is 5. The van der Waals surface area contributed by atoms with Crippen molar-refractivity contribution < 1.29 is 4.39 Å². The Hall–Kier alpha value is 0.310. The lowest BCUT2D eigenvalue weighted by Crippen LogP contribution is -1.93. The predicted octanol–water partition coefficient (Wildman–Crippen LogP) is 4.78. The Morgan fingerprint density at radius 3 is 1.92 bits per heavy atom. The molecule has 0 saturated carbocycles. The maximum Gasteiger partial charge on any atom is 0.133 e. The fourth-order valence-corrected chi connectivity index (χ4v) is 1.71. The lowest BCUT2D eigenvalue weighted by atomic mass is 10.1. The molecule has 0 aliphatic rings. The Balaban J connectivity index is 3.19. The Kier molecular flexibility index (Phi) is 4.11. The van der Waals surface area contributed by atoms with E-state index in [1.165, 1.54) is 18.2 Å². The summed E-state index contributed by atoms with van der Waals surface area (Å²) in [5, 5.41) is 0. The number of hydrogen-bond acceptors (Lipinski definition) is 0. The van der Waals surface area contributed by atoms with E-state index in [-0.39, 0.29) is 0 Å². The molecule has 0 radical (unpaired) electrons. The molecule has 0 nitrogen and oxygen atoms in total. The van der Waals surface area contributed by atoms with Crippen LogP contribution in [-0.4, -0.2) is 0 Å². The Bertz CT molecular complexity index is 298. The van der Waals surface area contributed by atoms with Crippen molar-refractivity contribution in [3.63, 3.8) is 0 Å². The van der Waals surface area contributed by atoms with Crippen molar-refractivity contribution in [2.45, 2.75) is 9.67 Å². The molecule has 0 saturated heterocycles. The smallest absolute Gasteiger partial charge is 0.133 e. The minimum atomic E-state index is -0.828. The highest BCUT2D eigenvalue weighted by Gasteiger charge is 2.15. The summed E-state index contributed by atoms with van der Waals surface area (Å²) in [5.41, 5.74) is 0.929. The fourth-order valence-electron chi connectivity index (χ4n) is 0.933. The summed E-state index contributed by atoms with van der Waals surface area (Å²) in [6, 6.07) is 3.94. The van der Waals surface area contributed by atoms with Crippen LogP contribution in [0.2, 0.25) is 0 Å². The van der Waals surface area contributed by atoms with Crippen LogP contribution in [0.15, 0.2) is 18.2 Å². The van der Waals surface area contributed by atoms with Gasteiger partial charge in [-0.2, -0.15) is 0 Å². The summed E-state index contributed by atoms with van der Waals surface area (Å²) in [7, 11) is 0. The summed E-state index contributed by atoms with van der Waals surface area (Å²) in [4.78, 5) is -1.58. The second-order valence-electron chi connectivity index (χ2n) is 2.37. The molecule has 0 N–H and O–H groups in total. The molecule has 0 spiro atoms. The summed E-state index contributed by atoms with van der Waals surface area (Å²) < 4.78 is 12.8. The molecule has 72 valence electrons. The third-order valence-corrected chi connectivity index (χ3v) is 2.46. The van der Waals surface area contributed by atoms with Crippen LogP contribution in [0.25, 0.3) is 0 Å².